The number of benzene rings is 4. The Hall–Kier alpha value is -3.69. The number of carbonyl (C=O) groups excluding carboxylic acids is 1. The zero-order valence-electron chi connectivity index (χ0n) is 17.4. The first kappa shape index (κ1) is 20.2. The van der Waals surface area contributed by atoms with Gasteiger partial charge in [-0.3, -0.25) is 14.7 Å². The van der Waals surface area contributed by atoms with Crippen LogP contribution in [0.1, 0.15) is 33.9 Å². The SMILES string of the molecule is O=C(c1ccccc1)N1c2ccccc2N=C(c2ccccc2)C[C@H]1c1cccc(Cl)c1. The van der Waals surface area contributed by atoms with Crippen LogP contribution in [-0.4, -0.2) is 11.6 Å². The van der Waals surface area contributed by atoms with E-state index >= 15 is 0 Å². The maximum atomic E-state index is 13.9. The molecule has 1 aliphatic rings. The Balaban J connectivity index is 1.72. The maximum Gasteiger partial charge on any atom is 0.258 e. The molecule has 5 rings (SSSR count). The molecule has 0 saturated carbocycles. The summed E-state index contributed by atoms with van der Waals surface area (Å²) < 4.78 is 0. The van der Waals surface area contributed by atoms with Gasteiger partial charge in [0.1, 0.15) is 0 Å². The third-order valence-corrected chi connectivity index (χ3v) is 5.91. The highest BCUT2D eigenvalue weighted by molar-refractivity contribution is 6.30. The number of aliphatic imine (C=N–C) groups is 1. The molecule has 0 fully saturated rings. The summed E-state index contributed by atoms with van der Waals surface area (Å²) in [4.78, 5) is 20.8. The summed E-state index contributed by atoms with van der Waals surface area (Å²) in [7, 11) is 0. The molecule has 4 aromatic rings. The average molecular weight is 437 g/mol. The lowest BCUT2D eigenvalue weighted by Crippen LogP contribution is -2.35. The van der Waals surface area contributed by atoms with E-state index in [1.807, 2.05) is 102 Å². The van der Waals surface area contributed by atoms with Gasteiger partial charge in [0.05, 0.1) is 23.1 Å². The summed E-state index contributed by atoms with van der Waals surface area (Å²) in [6.45, 7) is 0. The van der Waals surface area contributed by atoms with E-state index in [1.54, 1.807) is 0 Å². The van der Waals surface area contributed by atoms with Gasteiger partial charge in [-0.2, -0.15) is 0 Å². The summed E-state index contributed by atoms with van der Waals surface area (Å²) in [5.74, 6) is -0.0625. The van der Waals surface area contributed by atoms with Gasteiger partial charge in [0, 0.05) is 17.0 Å². The first-order valence-electron chi connectivity index (χ1n) is 10.6. The number of hydrogen-bond acceptors (Lipinski definition) is 2. The minimum Gasteiger partial charge on any atom is -0.298 e. The molecule has 0 aliphatic carbocycles. The van der Waals surface area contributed by atoms with Crippen LogP contribution < -0.4 is 4.90 Å². The molecule has 0 bridgehead atoms. The predicted molar refractivity (Wildman–Crippen MR) is 131 cm³/mol. The van der Waals surface area contributed by atoms with Crippen molar-refractivity contribution in [2.75, 3.05) is 4.90 Å². The highest BCUT2D eigenvalue weighted by Gasteiger charge is 2.33. The maximum absolute atomic E-state index is 13.9. The fraction of sp³-hybridized carbons (Fsp3) is 0.0714. The van der Waals surface area contributed by atoms with Crippen molar-refractivity contribution in [1.82, 2.24) is 0 Å². The molecule has 0 radical (unpaired) electrons. The normalized spacial score (nSPS) is 15.5. The Morgan fingerprint density at radius 3 is 2.25 bits per heavy atom. The second-order valence-corrected chi connectivity index (χ2v) is 8.17. The van der Waals surface area contributed by atoms with Gasteiger partial charge in [-0.15, -0.1) is 0 Å². The van der Waals surface area contributed by atoms with Crippen LogP contribution in [-0.2, 0) is 0 Å². The number of fused-ring (bicyclic) bond motifs is 1. The molecule has 1 amide bonds. The van der Waals surface area contributed by atoms with Crippen LogP contribution in [0.15, 0.2) is 114 Å². The minimum absolute atomic E-state index is 0.0625. The second-order valence-electron chi connectivity index (χ2n) is 7.73. The van der Waals surface area contributed by atoms with E-state index in [9.17, 15) is 4.79 Å². The number of rotatable bonds is 3. The summed E-state index contributed by atoms with van der Waals surface area (Å²) in [5, 5.41) is 0.644. The van der Waals surface area contributed by atoms with E-state index in [2.05, 4.69) is 12.1 Å². The Labute approximate surface area is 192 Å². The molecule has 32 heavy (non-hydrogen) atoms. The van der Waals surface area contributed by atoms with Gasteiger partial charge < -0.3 is 0 Å². The molecule has 1 atom stereocenters. The lowest BCUT2D eigenvalue weighted by atomic mass is 9.95. The molecule has 1 aliphatic heterocycles. The van der Waals surface area contributed by atoms with Crippen molar-refractivity contribution in [3.05, 3.63) is 131 Å². The summed E-state index contributed by atoms with van der Waals surface area (Å²) in [6, 6.07) is 34.8. The quantitative estimate of drug-likeness (QED) is 0.333. The fourth-order valence-electron chi connectivity index (χ4n) is 4.16. The van der Waals surface area contributed by atoms with Gasteiger partial charge in [-0.1, -0.05) is 84.4 Å². The molecular weight excluding hydrogens is 416 g/mol. The molecule has 3 nitrogen and oxygen atoms in total. The molecule has 156 valence electrons. The largest absolute Gasteiger partial charge is 0.298 e. The topological polar surface area (TPSA) is 32.7 Å². The van der Waals surface area contributed by atoms with E-state index in [0.717, 1.165) is 28.2 Å². The number of halogens is 1. The molecule has 0 spiro atoms. The zero-order valence-corrected chi connectivity index (χ0v) is 18.1. The van der Waals surface area contributed by atoms with Crippen LogP contribution in [0.25, 0.3) is 0 Å². The molecule has 0 saturated heterocycles. The predicted octanol–water partition coefficient (Wildman–Crippen LogP) is 7.25. The van der Waals surface area contributed by atoms with E-state index < -0.39 is 0 Å². The second kappa shape index (κ2) is 8.81. The minimum atomic E-state index is -0.260. The van der Waals surface area contributed by atoms with Crippen molar-refractivity contribution in [2.24, 2.45) is 4.99 Å². The van der Waals surface area contributed by atoms with Crippen molar-refractivity contribution < 1.29 is 4.79 Å². The van der Waals surface area contributed by atoms with E-state index in [4.69, 9.17) is 16.6 Å². The number of hydrogen-bond donors (Lipinski definition) is 0. The van der Waals surface area contributed by atoms with Gasteiger partial charge in [0.25, 0.3) is 5.91 Å². The zero-order chi connectivity index (χ0) is 21.9. The van der Waals surface area contributed by atoms with Gasteiger partial charge in [0.15, 0.2) is 0 Å². The van der Waals surface area contributed by atoms with Crippen LogP contribution >= 0.6 is 11.6 Å². The van der Waals surface area contributed by atoms with E-state index in [-0.39, 0.29) is 11.9 Å². The summed E-state index contributed by atoms with van der Waals surface area (Å²) in [5.41, 5.74) is 5.16. The van der Waals surface area contributed by atoms with E-state index in [0.29, 0.717) is 17.0 Å². The Kier molecular flexibility index (Phi) is 5.57. The van der Waals surface area contributed by atoms with Crippen LogP contribution in [0.5, 0.6) is 0 Å². The molecule has 4 heteroatoms. The Bertz CT molecular complexity index is 1290. The molecule has 0 aromatic heterocycles. The summed E-state index contributed by atoms with van der Waals surface area (Å²) in [6.07, 6.45) is 0.567. The fourth-order valence-corrected chi connectivity index (χ4v) is 4.36. The number of carbonyl (C=O) groups is 1. The smallest absolute Gasteiger partial charge is 0.258 e. The van der Waals surface area contributed by atoms with Crippen molar-refractivity contribution in [3.8, 4) is 0 Å². The van der Waals surface area contributed by atoms with Gasteiger partial charge in [-0.25, -0.2) is 0 Å². The third-order valence-electron chi connectivity index (χ3n) is 5.68. The summed E-state index contributed by atoms with van der Waals surface area (Å²) >= 11 is 6.37. The molecule has 4 aromatic carbocycles. The third kappa shape index (κ3) is 3.95. The van der Waals surface area contributed by atoms with Crippen molar-refractivity contribution >= 4 is 34.6 Å². The van der Waals surface area contributed by atoms with Crippen LogP contribution in [0, 0.1) is 0 Å². The Morgan fingerprint density at radius 1 is 0.812 bits per heavy atom. The lowest BCUT2D eigenvalue weighted by Gasteiger charge is -2.32. The van der Waals surface area contributed by atoms with Crippen LogP contribution in [0.3, 0.4) is 0 Å². The first-order valence-corrected chi connectivity index (χ1v) is 10.9. The number of anilines is 1. The standard InChI is InChI=1S/C28H21ClN2O/c29-23-15-9-14-22(18-23)27-19-25(20-10-3-1-4-11-20)30-24-16-7-8-17-26(24)31(27)28(32)21-12-5-2-6-13-21/h1-18,27H,19H2/t27-/m0/s1. The highest BCUT2D eigenvalue weighted by Crippen LogP contribution is 2.41. The molecule has 0 N–H and O–H groups in total. The van der Waals surface area contributed by atoms with Gasteiger partial charge >= 0.3 is 0 Å². The lowest BCUT2D eigenvalue weighted by molar-refractivity contribution is 0.0977. The number of amides is 1. The van der Waals surface area contributed by atoms with Gasteiger partial charge in [0.2, 0.25) is 0 Å². The molecular formula is C28H21ClN2O. The molecule has 0 unspecified atom stereocenters. The van der Waals surface area contributed by atoms with Crippen LogP contribution in [0.2, 0.25) is 5.02 Å². The first-order chi connectivity index (χ1) is 15.7. The van der Waals surface area contributed by atoms with E-state index in [1.165, 1.54) is 0 Å². The number of para-hydroxylation sites is 2. The van der Waals surface area contributed by atoms with Crippen molar-refractivity contribution in [1.29, 1.82) is 0 Å². The number of nitrogens with zero attached hydrogens (tertiary/aromatic N) is 2. The Morgan fingerprint density at radius 2 is 1.50 bits per heavy atom. The van der Waals surface area contributed by atoms with Crippen LogP contribution in [0.4, 0.5) is 11.4 Å². The van der Waals surface area contributed by atoms with Crippen molar-refractivity contribution in [2.45, 2.75) is 12.5 Å². The monoisotopic (exact) mass is 436 g/mol. The molecule has 1 heterocycles. The average Bonchev–Trinajstić information content (AvgIpc) is 3.02. The van der Waals surface area contributed by atoms with Crippen molar-refractivity contribution in [3.63, 3.8) is 0 Å². The highest BCUT2D eigenvalue weighted by atomic mass is 35.5. The van der Waals surface area contributed by atoms with Gasteiger partial charge in [-0.05, 0) is 47.5 Å².